The molecule has 76 valence electrons. The summed E-state index contributed by atoms with van der Waals surface area (Å²) in [7, 11) is 0. The molecule has 0 radical (unpaired) electrons. The Hall–Kier alpha value is -0.600. The second-order valence-corrected chi connectivity index (χ2v) is 4.58. The second kappa shape index (κ2) is 3.52. The Kier molecular flexibility index (Phi) is 2.50. The topological polar surface area (TPSA) is 25.4 Å². The fourth-order valence-electron chi connectivity index (χ4n) is 1.86. The Morgan fingerprint density at radius 2 is 2.36 bits per heavy atom. The second-order valence-electron chi connectivity index (χ2n) is 4.22. The molecule has 1 aliphatic rings. The Morgan fingerprint density at radius 1 is 1.64 bits per heavy atom. The molecule has 2 rings (SSSR count). The van der Waals surface area contributed by atoms with Crippen LogP contribution in [-0.2, 0) is 10.3 Å². The highest BCUT2D eigenvalue weighted by Gasteiger charge is 2.48. The maximum absolute atomic E-state index is 6.04. The van der Waals surface area contributed by atoms with Crippen molar-refractivity contribution in [1.29, 1.82) is 0 Å². The van der Waals surface area contributed by atoms with Crippen LogP contribution < -0.4 is 0 Å². The average Bonchev–Trinajstić information content (AvgIpc) is 2.85. The van der Waals surface area contributed by atoms with Gasteiger partial charge in [0.1, 0.15) is 10.8 Å². The first-order valence-corrected chi connectivity index (χ1v) is 5.27. The van der Waals surface area contributed by atoms with Crippen LogP contribution in [0.2, 0.25) is 5.15 Å². The van der Waals surface area contributed by atoms with Crippen molar-refractivity contribution in [2.45, 2.75) is 25.9 Å². The molecule has 0 saturated carbocycles. The highest BCUT2D eigenvalue weighted by molar-refractivity contribution is 6.30. The van der Waals surface area contributed by atoms with E-state index in [0.717, 1.165) is 18.6 Å². The number of hydrogen-bond acceptors (Lipinski definition) is 2. The molecule has 1 saturated heterocycles. The van der Waals surface area contributed by atoms with Gasteiger partial charge >= 0.3 is 0 Å². The number of halogens is 1. The molecule has 0 amide bonds. The van der Waals surface area contributed by atoms with Crippen molar-refractivity contribution in [1.82, 2.24) is 4.98 Å². The van der Waals surface area contributed by atoms with Gasteiger partial charge in [-0.3, -0.25) is 0 Å². The summed E-state index contributed by atoms with van der Waals surface area (Å²) in [6.45, 7) is 5.15. The third-order valence-corrected chi connectivity index (χ3v) is 2.78. The number of nitrogens with zero attached hydrogens (tertiary/aromatic N) is 1. The molecule has 14 heavy (non-hydrogen) atoms. The predicted molar refractivity (Wildman–Crippen MR) is 56.3 cm³/mol. The summed E-state index contributed by atoms with van der Waals surface area (Å²) < 4.78 is 5.55. The first kappa shape index (κ1) is 9.94. The van der Waals surface area contributed by atoms with E-state index in [1.54, 1.807) is 6.20 Å². The zero-order chi connectivity index (χ0) is 10.2. The van der Waals surface area contributed by atoms with Crippen LogP contribution in [0.3, 0.4) is 0 Å². The van der Waals surface area contributed by atoms with E-state index in [1.807, 2.05) is 12.1 Å². The molecule has 1 aromatic rings. The Balaban J connectivity index is 2.26. The molecule has 0 N–H and O–H groups in total. The smallest absolute Gasteiger partial charge is 0.135 e. The largest absolute Gasteiger partial charge is 0.364 e. The summed E-state index contributed by atoms with van der Waals surface area (Å²) in [6.07, 6.45) is 2.72. The molecule has 1 aliphatic heterocycles. The lowest BCUT2D eigenvalue weighted by atomic mass is 9.92. The molecule has 0 aromatic carbocycles. The lowest BCUT2D eigenvalue weighted by Gasteiger charge is -2.15. The van der Waals surface area contributed by atoms with E-state index in [1.165, 1.54) is 0 Å². The van der Waals surface area contributed by atoms with Gasteiger partial charge in [0.15, 0.2) is 0 Å². The van der Waals surface area contributed by atoms with Gasteiger partial charge in [-0.2, -0.15) is 0 Å². The average molecular weight is 212 g/mol. The first-order chi connectivity index (χ1) is 6.64. The summed E-state index contributed by atoms with van der Waals surface area (Å²) in [5.74, 6) is 0.605. The molecule has 2 nitrogen and oxygen atoms in total. The number of ether oxygens (including phenoxy) is 1. The monoisotopic (exact) mass is 211 g/mol. The molecule has 1 unspecified atom stereocenters. The summed E-state index contributed by atoms with van der Waals surface area (Å²) in [4.78, 5) is 4.08. The molecule has 1 atom stereocenters. The highest BCUT2D eigenvalue weighted by Crippen LogP contribution is 2.46. The van der Waals surface area contributed by atoms with Crippen LogP contribution in [0.1, 0.15) is 25.8 Å². The van der Waals surface area contributed by atoms with Crippen LogP contribution in [0.5, 0.6) is 0 Å². The van der Waals surface area contributed by atoms with Gasteiger partial charge in [-0.25, -0.2) is 4.98 Å². The molecule has 0 aliphatic carbocycles. The number of epoxide rings is 1. The van der Waals surface area contributed by atoms with E-state index >= 15 is 0 Å². The van der Waals surface area contributed by atoms with Crippen molar-refractivity contribution in [3.05, 3.63) is 29.0 Å². The van der Waals surface area contributed by atoms with E-state index in [2.05, 4.69) is 18.8 Å². The highest BCUT2D eigenvalue weighted by atomic mass is 35.5. The molecule has 0 bridgehead atoms. The minimum Gasteiger partial charge on any atom is -0.364 e. The van der Waals surface area contributed by atoms with Crippen LogP contribution >= 0.6 is 11.6 Å². The van der Waals surface area contributed by atoms with Crippen LogP contribution in [0, 0.1) is 5.92 Å². The van der Waals surface area contributed by atoms with Crippen LogP contribution in [-0.4, -0.2) is 11.6 Å². The van der Waals surface area contributed by atoms with E-state index in [4.69, 9.17) is 16.3 Å². The zero-order valence-corrected chi connectivity index (χ0v) is 9.21. The number of rotatable bonds is 3. The zero-order valence-electron chi connectivity index (χ0n) is 8.46. The van der Waals surface area contributed by atoms with Crippen LogP contribution in [0.15, 0.2) is 18.3 Å². The normalized spacial score (nSPS) is 25.4. The minimum absolute atomic E-state index is 0.139. The van der Waals surface area contributed by atoms with Gasteiger partial charge in [0.25, 0.3) is 0 Å². The quantitative estimate of drug-likeness (QED) is 0.567. The van der Waals surface area contributed by atoms with Gasteiger partial charge in [0.2, 0.25) is 0 Å². The van der Waals surface area contributed by atoms with E-state index in [-0.39, 0.29) is 5.60 Å². The van der Waals surface area contributed by atoms with Crippen LogP contribution in [0.25, 0.3) is 0 Å². The summed E-state index contributed by atoms with van der Waals surface area (Å²) in [5.41, 5.74) is 0.898. The third-order valence-electron chi connectivity index (χ3n) is 2.48. The van der Waals surface area contributed by atoms with Crippen molar-refractivity contribution in [2.24, 2.45) is 5.92 Å². The number of aromatic nitrogens is 1. The molecular weight excluding hydrogens is 198 g/mol. The number of pyridine rings is 1. The maximum atomic E-state index is 6.04. The molecule has 1 fully saturated rings. The summed E-state index contributed by atoms with van der Waals surface area (Å²) in [5, 5.41) is 0.575. The van der Waals surface area contributed by atoms with Gasteiger partial charge in [-0.15, -0.1) is 0 Å². The van der Waals surface area contributed by atoms with Gasteiger partial charge in [0, 0.05) is 11.8 Å². The van der Waals surface area contributed by atoms with Crippen molar-refractivity contribution in [2.75, 3.05) is 6.61 Å². The Labute approximate surface area is 89.3 Å². The van der Waals surface area contributed by atoms with E-state index in [9.17, 15) is 0 Å². The molecule has 1 aromatic heterocycles. The van der Waals surface area contributed by atoms with Crippen LogP contribution in [0.4, 0.5) is 0 Å². The van der Waals surface area contributed by atoms with E-state index < -0.39 is 0 Å². The van der Waals surface area contributed by atoms with Gasteiger partial charge in [0.05, 0.1) is 6.61 Å². The van der Waals surface area contributed by atoms with Gasteiger partial charge in [-0.1, -0.05) is 31.5 Å². The number of hydrogen-bond donors (Lipinski definition) is 0. The van der Waals surface area contributed by atoms with E-state index in [0.29, 0.717) is 11.1 Å². The molecule has 3 heteroatoms. The minimum atomic E-state index is -0.139. The van der Waals surface area contributed by atoms with Crippen molar-refractivity contribution < 1.29 is 4.74 Å². The fourth-order valence-corrected chi connectivity index (χ4v) is 2.15. The van der Waals surface area contributed by atoms with Crippen molar-refractivity contribution >= 4 is 11.6 Å². The first-order valence-electron chi connectivity index (χ1n) is 4.89. The standard InChI is InChI=1S/C11H14ClNO/c1-8(2)6-11(7-14-11)9-4-3-5-13-10(9)12/h3-5,8H,6-7H2,1-2H3. The molecule has 0 spiro atoms. The van der Waals surface area contributed by atoms with Gasteiger partial charge in [-0.05, 0) is 18.4 Å². The fraction of sp³-hybridized carbons (Fsp3) is 0.545. The molecule has 2 heterocycles. The van der Waals surface area contributed by atoms with Crippen molar-refractivity contribution in [3.63, 3.8) is 0 Å². The third kappa shape index (κ3) is 1.77. The van der Waals surface area contributed by atoms with Gasteiger partial charge < -0.3 is 4.74 Å². The predicted octanol–water partition coefficient (Wildman–Crippen LogP) is 3.01. The Morgan fingerprint density at radius 3 is 2.86 bits per heavy atom. The lowest BCUT2D eigenvalue weighted by molar-refractivity contribution is 0.267. The summed E-state index contributed by atoms with van der Waals surface area (Å²) >= 11 is 6.04. The molecular formula is C11H14ClNO. The lowest BCUT2D eigenvalue weighted by Crippen LogP contribution is -2.13. The maximum Gasteiger partial charge on any atom is 0.135 e. The Bertz CT molecular complexity index is 334. The van der Waals surface area contributed by atoms with Crippen molar-refractivity contribution in [3.8, 4) is 0 Å². The SMILES string of the molecule is CC(C)CC1(c2cccnc2Cl)CO1. The summed E-state index contributed by atoms with van der Waals surface area (Å²) in [6, 6.07) is 3.91.